The minimum absolute atomic E-state index is 0.190. The van der Waals surface area contributed by atoms with Gasteiger partial charge in [0.1, 0.15) is 24.2 Å². The van der Waals surface area contributed by atoms with Gasteiger partial charge in [-0.1, -0.05) is 45.6 Å². The summed E-state index contributed by atoms with van der Waals surface area (Å²) in [4.78, 5) is 56.1. The van der Waals surface area contributed by atoms with Crippen molar-refractivity contribution in [1.29, 1.82) is 0 Å². The minimum Gasteiger partial charge on any atom is -0.457 e. The molecule has 1 saturated heterocycles. The highest BCUT2D eigenvalue weighted by atomic mass is 16.5. The number of nitrogens with zero attached hydrogens (tertiary/aromatic N) is 2. The van der Waals surface area contributed by atoms with E-state index in [2.05, 4.69) is 34.2 Å². The Bertz CT molecular complexity index is 1330. The SMILES string of the molecule is C=CC[C@@H](C)C(=O)NC(C(=O)N[C@@H](C)C(=O)N1CCC[C@@H](C(=O)O[C@H](C)c2ccc3cnc(C=C)cc3c2)N1)C(C)C. The first-order valence-corrected chi connectivity index (χ1v) is 14.5. The van der Waals surface area contributed by atoms with Gasteiger partial charge in [0, 0.05) is 24.0 Å². The number of hydrogen-bond acceptors (Lipinski definition) is 7. The fraction of sp³-hybridized carbons (Fsp3) is 0.469. The Balaban J connectivity index is 1.59. The number of nitrogens with one attached hydrogen (secondary N) is 3. The highest BCUT2D eigenvalue weighted by molar-refractivity contribution is 5.92. The maximum atomic E-state index is 13.2. The van der Waals surface area contributed by atoms with Crippen molar-refractivity contribution in [3.05, 3.63) is 61.0 Å². The lowest BCUT2D eigenvalue weighted by atomic mass is 10.0. The predicted octanol–water partition coefficient (Wildman–Crippen LogP) is 3.84. The van der Waals surface area contributed by atoms with Crippen molar-refractivity contribution in [2.24, 2.45) is 11.8 Å². The molecule has 3 amide bonds. The molecule has 1 unspecified atom stereocenters. The van der Waals surface area contributed by atoms with Crippen LogP contribution in [0.1, 0.15) is 71.2 Å². The molecule has 1 aromatic carbocycles. The van der Waals surface area contributed by atoms with Gasteiger partial charge in [-0.15, -0.1) is 6.58 Å². The van der Waals surface area contributed by atoms with Gasteiger partial charge in [-0.3, -0.25) is 29.2 Å². The summed E-state index contributed by atoms with van der Waals surface area (Å²) in [6.07, 6.45) is 6.19. The number of benzene rings is 1. The molecule has 1 aliphatic heterocycles. The highest BCUT2D eigenvalue weighted by Gasteiger charge is 2.34. The molecule has 1 aromatic heterocycles. The molecule has 0 saturated carbocycles. The Hall–Kier alpha value is -4.05. The van der Waals surface area contributed by atoms with Crippen molar-refractivity contribution in [2.45, 2.75) is 78.1 Å². The third-order valence-electron chi connectivity index (χ3n) is 7.42. The van der Waals surface area contributed by atoms with Crippen LogP contribution in [0.25, 0.3) is 16.8 Å². The summed E-state index contributed by atoms with van der Waals surface area (Å²) in [5.41, 5.74) is 4.58. The van der Waals surface area contributed by atoms with Gasteiger partial charge in [-0.25, -0.2) is 5.43 Å². The van der Waals surface area contributed by atoms with Crippen LogP contribution in [0.3, 0.4) is 0 Å². The van der Waals surface area contributed by atoms with E-state index in [1.165, 1.54) is 5.01 Å². The first-order valence-electron chi connectivity index (χ1n) is 14.5. The van der Waals surface area contributed by atoms with E-state index in [1.807, 2.05) is 38.1 Å². The van der Waals surface area contributed by atoms with Crippen LogP contribution in [0.5, 0.6) is 0 Å². The van der Waals surface area contributed by atoms with Gasteiger partial charge < -0.3 is 15.4 Å². The number of aromatic nitrogens is 1. The lowest BCUT2D eigenvalue weighted by Gasteiger charge is -2.35. The molecule has 0 radical (unpaired) electrons. The summed E-state index contributed by atoms with van der Waals surface area (Å²) in [5, 5.41) is 8.81. The molecule has 226 valence electrons. The Morgan fingerprint density at radius 3 is 2.48 bits per heavy atom. The molecular weight excluding hydrogens is 534 g/mol. The van der Waals surface area contributed by atoms with E-state index in [1.54, 1.807) is 39.1 Å². The standard InChI is InChI=1S/C32H43N5O5/c1-8-11-20(5)29(38)35-28(19(3)4)30(39)34-21(6)31(40)37-15-10-12-27(36-37)32(41)42-22(7)23-13-14-24-18-33-26(9-2)17-25(24)16-23/h8-9,13-14,16-22,27-28,36H,1-2,10-12,15H2,3-7H3,(H,34,39)(H,35,38)/t20-,21+,22-,27+,28?/m1/s1. The van der Waals surface area contributed by atoms with E-state index in [9.17, 15) is 19.2 Å². The van der Waals surface area contributed by atoms with E-state index >= 15 is 0 Å². The summed E-state index contributed by atoms with van der Waals surface area (Å²) in [6.45, 7) is 16.6. The molecule has 1 aliphatic rings. The molecule has 10 heteroatoms. The van der Waals surface area contributed by atoms with E-state index in [4.69, 9.17) is 4.74 Å². The molecule has 2 heterocycles. The molecular formula is C32H43N5O5. The Labute approximate surface area is 247 Å². The number of rotatable bonds is 12. The van der Waals surface area contributed by atoms with Crippen LogP contribution >= 0.6 is 0 Å². The monoisotopic (exact) mass is 577 g/mol. The van der Waals surface area contributed by atoms with Gasteiger partial charge in [0.2, 0.25) is 11.8 Å². The number of carbonyl (C=O) groups is 4. The van der Waals surface area contributed by atoms with Crippen LogP contribution in [0.4, 0.5) is 0 Å². The van der Waals surface area contributed by atoms with E-state index in [0.29, 0.717) is 25.8 Å². The second kappa shape index (κ2) is 14.7. The van der Waals surface area contributed by atoms with E-state index in [0.717, 1.165) is 22.0 Å². The van der Waals surface area contributed by atoms with Crippen molar-refractivity contribution < 1.29 is 23.9 Å². The summed E-state index contributed by atoms with van der Waals surface area (Å²) >= 11 is 0. The molecule has 3 N–H and O–H groups in total. The third kappa shape index (κ3) is 8.25. The first kappa shape index (κ1) is 32.5. The molecule has 42 heavy (non-hydrogen) atoms. The highest BCUT2D eigenvalue weighted by Crippen LogP contribution is 2.24. The maximum Gasteiger partial charge on any atom is 0.325 e. The van der Waals surface area contributed by atoms with E-state index in [-0.39, 0.29) is 23.7 Å². The first-order chi connectivity index (χ1) is 19.9. The van der Waals surface area contributed by atoms with Crippen LogP contribution in [-0.2, 0) is 23.9 Å². The van der Waals surface area contributed by atoms with Crippen LogP contribution in [0.15, 0.2) is 49.7 Å². The zero-order valence-electron chi connectivity index (χ0n) is 25.2. The van der Waals surface area contributed by atoms with Crippen LogP contribution in [-0.4, -0.2) is 58.4 Å². The molecule has 3 rings (SSSR count). The van der Waals surface area contributed by atoms with Crippen LogP contribution in [0.2, 0.25) is 0 Å². The molecule has 0 bridgehead atoms. The molecule has 5 atom stereocenters. The lowest BCUT2D eigenvalue weighted by molar-refractivity contribution is -0.157. The smallest absolute Gasteiger partial charge is 0.325 e. The largest absolute Gasteiger partial charge is 0.457 e. The molecule has 0 aliphatic carbocycles. The second-order valence-electron chi connectivity index (χ2n) is 11.2. The number of carbonyl (C=O) groups excluding carboxylic acids is 4. The van der Waals surface area contributed by atoms with Crippen molar-refractivity contribution in [3.8, 4) is 0 Å². The number of pyridine rings is 1. The fourth-order valence-electron chi connectivity index (χ4n) is 4.77. The number of ether oxygens (including phenoxy) is 1. The number of hydrazine groups is 1. The summed E-state index contributed by atoms with van der Waals surface area (Å²) in [6, 6.07) is 5.33. The number of amides is 3. The predicted molar refractivity (Wildman–Crippen MR) is 163 cm³/mol. The van der Waals surface area contributed by atoms with Crippen molar-refractivity contribution in [1.82, 2.24) is 26.1 Å². The van der Waals surface area contributed by atoms with Crippen LogP contribution in [0, 0.1) is 11.8 Å². The number of fused-ring (bicyclic) bond motifs is 1. The molecule has 0 spiro atoms. The van der Waals surface area contributed by atoms with Crippen molar-refractivity contribution in [3.63, 3.8) is 0 Å². The Morgan fingerprint density at radius 1 is 1.07 bits per heavy atom. The average Bonchev–Trinajstić information content (AvgIpc) is 2.98. The third-order valence-corrected chi connectivity index (χ3v) is 7.42. The quantitative estimate of drug-likeness (QED) is 0.258. The topological polar surface area (TPSA) is 130 Å². The maximum absolute atomic E-state index is 13.2. The van der Waals surface area contributed by atoms with Crippen molar-refractivity contribution in [2.75, 3.05) is 6.54 Å². The Kier molecular flexibility index (Phi) is 11.4. The second-order valence-corrected chi connectivity index (χ2v) is 11.2. The zero-order chi connectivity index (χ0) is 31.0. The molecule has 10 nitrogen and oxygen atoms in total. The van der Waals surface area contributed by atoms with Gasteiger partial charge in [-0.05, 0) is 68.2 Å². The van der Waals surface area contributed by atoms with E-state index < -0.39 is 36.1 Å². The van der Waals surface area contributed by atoms with Crippen LogP contribution < -0.4 is 16.1 Å². The van der Waals surface area contributed by atoms with Gasteiger partial charge in [0.15, 0.2) is 0 Å². The number of esters is 1. The summed E-state index contributed by atoms with van der Waals surface area (Å²) in [5.74, 6) is -2.06. The number of allylic oxidation sites excluding steroid dienone is 1. The lowest BCUT2D eigenvalue weighted by Crippen LogP contribution is -2.61. The molecule has 2 aromatic rings. The number of hydrogen-bond donors (Lipinski definition) is 3. The zero-order valence-corrected chi connectivity index (χ0v) is 25.2. The van der Waals surface area contributed by atoms with Crippen molar-refractivity contribution >= 4 is 40.5 Å². The minimum atomic E-state index is -0.880. The Morgan fingerprint density at radius 2 is 1.81 bits per heavy atom. The van der Waals surface area contributed by atoms with Gasteiger partial charge in [-0.2, -0.15) is 0 Å². The van der Waals surface area contributed by atoms with Gasteiger partial charge in [0.05, 0.1) is 5.69 Å². The summed E-state index contributed by atoms with van der Waals surface area (Å²) < 4.78 is 5.77. The molecule has 1 fully saturated rings. The van der Waals surface area contributed by atoms with Gasteiger partial charge >= 0.3 is 5.97 Å². The summed E-state index contributed by atoms with van der Waals surface area (Å²) in [7, 11) is 0. The van der Waals surface area contributed by atoms with Gasteiger partial charge in [0.25, 0.3) is 5.91 Å². The average molecular weight is 578 g/mol. The fourth-order valence-corrected chi connectivity index (χ4v) is 4.77. The normalized spacial score (nSPS) is 18.0.